The van der Waals surface area contributed by atoms with E-state index in [0.29, 0.717) is 6.54 Å². The highest BCUT2D eigenvalue weighted by atomic mass is 79.9. The molecule has 0 saturated carbocycles. The summed E-state index contributed by atoms with van der Waals surface area (Å²) in [4.78, 5) is 23.0. The predicted octanol–water partition coefficient (Wildman–Crippen LogP) is 0.814. The summed E-state index contributed by atoms with van der Waals surface area (Å²) >= 11 is 3.34. The van der Waals surface area contributed by atoms with Crippen LogP contribution in [0.1, 0.15) is 40.1 Å². The monoisotopic (exact) mass is 316 g/mol. The minimum atomic E-state index is -0.646. The van der Waals surface area contributed by atoms with Crippen molar-refractivity contribution in [3.8, 4) is 0 Å². The number of rotatable bonds is 7. The molecule has 0 aromatic carbocycles. The fourth-order valence-electron chi connectivity index (χ4n) is 1.52. The highest BCUT2D eigenvalue weighted by Crippen LogP contribution is 2.05. The number of carbonyl (C=O) groups is 2. The van der Waals surface area contributed by atoms with Gasteiger partial charge in [0, 0.05) is 25.1 Å². The Bertz CT molecular complexity index is 431. The highest BCUT2D eigenvalue weighted by molar-refractivity contribution is 9.09. The zero-order valence-electron chi connectivity index (χ0n) is 10.3. The standard InChI is InChI=1S/C11H17BrN4O2/c1-16-7-8(10(13)17)9(15-16)11(18)14-6-4-2-3-5-12/h7H,2-6H2,1H3,(H2,13,17)(H,14,18). The quantitative estimate of drug-likeness (QED) is 0.576. The van der Waals surface area contributed by atoms with Crippen molar-refractivity contribution in [1.29, 1.82) is 0 Å². The second-order valence-corrected chi connectivity index (χ2v) is 4.73. The third-order valence-corrected chi connectivity index (χ3v) is 2.97. The van der Waals surface area contributed by atoms with Gasteiger partial charge in [0.15, 0.2) is 5.69 Å². The topological polar surface area (TPSA) is 90.0 Å². The molecular formula is C11H17BrN4O2. The van der Waals surface area contributed by atoms with E-state index >= 15 is 0 Å². The summed E-state index contributed by atoms with van der Waals surface area (Å²) in [6.07, 6.45) is 4.46. The number of hydrogen-bond donors (Lipinski definition) is 2. The van der Waals surface area contributed by atoms with Crippen molar-refractivity contribution < 1.29 is 9.59 Å². The fraction of sp³-hybridized carbons (Fsp3) is 0.545. The number of halogens is 1. The number of unbranched alkanes of at least 4 members (excludes halogenated alkanes) is 2. The molecule has 0 spiro atoms. The summed E-state index contributed by atoms with van der Waals surface area (Å²) in [6, 6.07) is 0. The maximum Gasteiger partial charge on any atom is 0.272 e. The lowest BCUT2D eigenvalue weighted by molar-refractivity contribution is 0.0931. The van der Waals surface area contributed by atoms with Crippen LogP contribution in [-0.2, 0) is 7.05 Å². The van der Waals surface area contributed by atoms with Crippen LogP contribution >= 0.6 is 15.9 Å². The average Bonchev–Trinajstić information content (AvgIpc) is 2.71. The molecule has 0 aliphatic heterocycles. The lowest BCUT2D eigenvalue weighted by atomic mass is 10.2. The van der Waals surface area contributed by atoms with Gasteiger partial charge in [-0.1, -0.05) is 22.4 Å². The van der Waals surface area contributed by atoms with Gasteiger partial charge in [0.2, 0.25) is 0 Å². The molecule has 1 aromatic heterocycles. The molecule has 0 atom stereocenters. The van der Waals surface area contributed by atoms with Crippen LogP contribution in [0.25, 0.3) is 0 Å². The van der Waals surface area contributed by atoms with Gasteiger partial charge in [-0.05, 0) is 12.8 Å². The Kier molecular flexibility index (Phi) is 5.84. The maximum absolute atomic E-state index is 11.8. The van der Waals surface area contributed by atoms with Crippen molar-refractivity contribution >= 4 is 27.7 Å². The third kappa shape index (κ3) is 4.14. The lowest BCUT2D eigenvalue weighted by Gasteiger charge is -2.03. The summed E-state index contributed by atoms with van der Waals surface area (Å²) in [6.45, 7) is 0.570. The lowest BCUT2D eigenvalue weighted by Crippen LogP contribution is -2.27. The molecule has 1 aromatic rings. The van der Waals surface area contributed by atoms with E-state index in [4.69, 9.17) is 5.73 Å². The molecule has 1 heterocycles. The molecule has 0 fully saturated rings. The second kappa shape index (κ2) is 7.15. The molecule has 18 heavy (non-hydrogen) atoms. The van der Waals surface area contributed by atoms with Crippen LogP contribution in [0.4, 0.5) is 0 Å². The number of primary amides is 1. The van der Waals surface area contributed by atoms with Crippen LogP contribution in [0.2, 0.25) is 0 Å². The van der Waals surface area contributed by atoms with Gasteiger partial charge in [0.25, 0.3) is 11.8 Å². The van der Waals surface area contributed by atoms with E-state index in [1.807, 2.05) is 0 Å². The molecule has 0 aliphatic carbocycles. The molecule has 1 rings (SSSR count). The van der Waals surface area contributed by atoms with Crippen molar-refractivity contribution in [2.75, 3.05) is 11.9 Å². The Morgan fingerprint density at radius 1 is 1.44 bits per heavy atom. The summed E-state index contributed by atoms with van der Waals surface area (Å²) in [5.41, 5.74) is 5.42. The number of alkyl halides is 1. The van der Waals surface area contributed by atoms with Gasteiger partial charge in [-0.15, -0.1) is 0 Å². The SMILES string of the molecule is Cn1cc(C(N)=O)c(C(=O)NCCCCCBr)n1. The highest BCUT2D eigenvalue weighted by Gasteiger charge is 2.18. The smallest absolute Gasteiger partial charge is 0.272 e. The molecule has 6 nitrogen and oxygen atoms in total. The molecule has 0 unspecified atom stereocenters. The zero-order chi connectivity index (χ0) is 13.5. The van der Waals surface area contributed by atoms with Crippen molar-refractivity contribution in [2.24, 2.45) is 12.8 Å². The Morgan fingerprint density at radius 2 is 2.17 bits per heavy atom. The van der Waals surface area contributed by atoms with Gasteiger partial charge in [-0.25, -0.2) is 0 Å². The number of hydrogen-bond acceptors (Lipinski definition) is 3. The number of nitrogens with one attached hydrogen (secondary N) is 1. The van der Waals surface area contributed by atoms with Crippen LogP contribution in [0.5, 0.6) is 0 Å². The normalized spacial score (nSPS) is 10.3. The molecule has 2 amide bonds. The van der Waals surface area contributed by atoms with Gasteiger partial charge < -0.3 is 11.1 Å². The minimum absolute atomic E-state index is 0.0884. The van der Waals surface area contributed by atoms with E-state index in [1.165, 1.54) is 10.9 Å². The third-order valence-electron chi connectivity index (χ3n) is 2.41. The van der Waals surface area contributed by atoms with Crippen LogP contribution in [0.15, 0.2) is 6.20 Å². The van der Waals surface area contributed by atoms with Crippen molar-refractivity contribution in [3.05, 3.63) is 17.5 Å². The minimum Gasteiger partial charge on any atom is -0.365 e. The van der Waals surface area contributed by atoms with Gasteiger partial charge in [0.1, 0.15) is 0 Å². The maximum atomic E-state index is 11.8. The first kappa shape index (κ1) is 14.7. The van der Waals surface area contributed by atoms with Crippen LogP contribution in [0.3, 0.4) is 0 Å². The summed E-state index contributed by atoms with van der Waals surface area (Å²) in [5, 5.41) is 7.64. The predicted molar refractivity (Wildman–Crippen MR) is 71.7 cm³/mol. The van der Waals surface area contributed by atoms with E-state index in [9.17, 15) is 9.59 Å². The second-order valence-electron chi connectivity index (χ2n) is 3.93. The summed E-state index contributed by atoms with van der Waals surface area (Å²) in [7, 11) is 1.64. The van der Waals surface area contributed by atoms with E-state index in [0.717, 1.165) is 24.6 Å². The molecule has 100 valence electrons. The Balaban J connectivity index is 2.53. The Morgan fingerprint density at radius 3 is 2.78 bits per heavy atom. The van der Waals surface area contributed by atoms with Gasteiger partial charge >= 0.3 is 0 Å². The molecule has 0 radical (unpaired) electrons. The molecule has 3 N–H and O–H groups in total. The fourth-order valence-corrected chi connectivity index (χ4v) is 1.91. The average molecular weight is 317 g/mol. The van der Waals surface area contributed by atoms with Gasteiger partial charge in [-0.3, -0.25) is 14.3 Å². The first-order valence-corrected chi connectivity index (χ1v) is 6.86. The number of amides is 2. The molecule has 0 saturated heterocycles. The van der Waals surface area contributed by atoms with Crippen LogP contribution in [-0.4, -0.2) is 33.5 Å². The van der Waals surface area contributed by atoms with Crippen molar-refractivity contribution in [1.82, 2.24) is 15.1 Å². The van der Waals surface area contributed by atoms with Crippen LogP contribution in [0, 0.1) is 0 Å². The van der Waals surface area contributed by atoms with E-state index in [1.54, 1.807) is 7.05 Å². The number of aromatic nitrogens is 2. The summed E-state index contributed by atoms with van der Waals surface area (Å²) in [5.74, 6) is -1.00. The number of nitrogens with zero attached hydrogens (tertiary/aromatic N) is 2. The van der Waals surface area contributed by atoms with Gasteiger partial charge in [0.05, 0.1) is 5.56 Å². The van der Waals surface area contributed by atoms with E-state index in [-0.39, 0.29) is 17.2 Å². The van der Waals surface area contributed by atoms with E-state index in [2.05, 4.69) is 26.3 Å². The van der Waals surface area contributed by atoms with Crippen molar-refractivity contribution in [3.63, 3.8) is 0 Å². The number of aryl methyl sites for hydroxylation is 1. The summed E-state index contributed by atoms with van der Waals surface area (Å²) < 4.78 is 1.40. The zero-order valence-corrected chi connectivity index (χ0v) is 11.9. The Labute approximate surface area is 114 Å². The first-order chi connectivity index (χ1) is 8.56. The Hall–Kier alpha value is -1.37. The number of nitrogens with two attached hydrogens (primary N) is 1. The molecule has 7 heteroatoms. The number of carbonyl (C=O) groups excluding carboxylic acids is 2. The molecule has 0 bridgehead atoms. The van der Waals surface area contributed by atoms with Gasteiger partial charge in [-0.2, -0.15) is 5.10 Å². The van der Waals surface area contributed by atoms with E-state index < -0.39 is 5.91 Å². The van der Waals surface area contributed by atoms with Crippen LogP contribution < -0.4 is 11.1 Å². The van der Waals surface area contributed by atoms with Crippen molar-refractivity contribution in [2.45, 2.75) is 19.3 Å². The largest absolute Gasteiger partial charge is 0.365 e. The molecular weight excluding hydrogens is 300 g/mol. The molecule has 0 aliphatic rings. The first-order valence-electron chi connectivity index (χ1n) is 5.74.